The molecule has 4 aromatic carbocycles. The summed E-state index contributed by atoms with van der Waals surface area (Å²) < 4.78 is 3.90. The zero-order valence-electron chi connectivity index (χ0n) is 33.9. The molecule has 2 aliphatic heterocycles. The fourth-order valence-electron chi connectivity index (χ4n) is 8.37. The number of benzene rings is 4. The van der Waals surface area contributed by atoms with Crippen LogP contribution in [0.3, 0.4) is 0 Å². The van der Waals surface area contributed by atoms with Crippen molar-refractivity contribution in [3.05, 3.63) is 163 Å². The maximum Gasteiger partial charge on any atom is 0.129 e. The van der Waals surface area contributed by atoms with Gasteiger partial charge in [-0.3, -0.25) is 9.36 Å². The highest BCUT2D eigenvalue weighted by Gasteiger charge is 2.43. The number of anilines is 2. The summed E-state index contributed by atoms with van der Waals surface area (Å²) in [6.45, 7) is 17.8. The van der Waals surface area contributed by atoms with E-state index < -0.39 is 0 Å². The third-order valence-corrected chi connectivity index (χ3v) is 14.8. The lowest BCUT2D eigenvalue weighted by atomic mass is 9.94. The third kappa shape index (κ3) is 7.87. The van der Waals surface area contributed by atoms with E-state index in [0.29, 0.717) is 0 Å². The molecule has 8 rings (SSSR count). The van der Waals surface area contributed by atoms with Crippen molar-refractivity contribution in [2.24, 2.45) is 14.1 Å². The van der Waals surface area contributed by atoms with E-state index in [9.17, 15) is 0 Å². The quantitative estimate of drug-likeness (QED) is 0.185. The molecule has 4 atom stereocenters. The number of hydrogen-bond acceptors (Lipinski definition) is 6. The molecule has 2 aromatic heterocycles. The molecule has 2 N–H and O–H groups in total. The van der Waals surface area contributed by atoms with Gasteiger partial charge in [-0.15, -0.1) is 23.5 Å². The van der Waals surface area contributed by atoms with Gasteiger partial charge in [0.25, 0.3) is 0 Å². The topological polar surface area (TPSA) is 59.7 Å². The van der Waals surface area contributed by atoms with Gasteiger partial charge in [-0.25, -0.2) is 0 Å². The first-order valence-corrected chi connectivity index (χ1v) is 21.6. The molecule has 10 heteroatoms. The zero-order valence-corrected chi connectivity index (χ0v) is 37.1. The molecule has 0 spiro atoms. The molecule has 4 heterocycles. The van der Waals surface area contributed by atoms with Gasteiger partial charge >= 0.3 is 0 Å². The molecule has 0 fully saturated rings. The molecule has 0 aliphatic carbocycles. The highest BCUT2D eigenvalue weighted by atomic mass is 35.5. The summed E-state index contributed by atoms with van der Waals surface area (Å²) in [6.07, 6.45) is 0. The Balaban J connectivity index is 0.000000172. The smallest absolute Gasteiger partial charge is 0.129 e. The summed E-state index contributed by atoms with van der Waals surface area (Å²) in [7, 11) is 4.05. The van der Waals surface area contributed by atoms with Crippen molar-refractivity contribution in [2.75, 3.05) is 10.6 Å². The molecule has 0 amide bonds. The number of fused-ring (bicyclic) bond motifs is 2. The summed E-state index contributed by atoms with van der Waals surface area (Å²) in [5.74, 6) is 2.20. The van der Waals surface area contributed by atoms with Crippen LogP contribution in [0.1, 0.15) is 106 Å². The summed E-state index contributed by atoms with van der Waals surface area (Å²) >= 11 is 16.5. The van der Waals surface area contributed by atoms with Gasteiger partial charge in [0, 0.05) is 44.8 Å². The third-order valence-electron chi connectivity index (χ3n) is 11.2. The first-order chi connectivity index (χ1) is 26.6. The Bertz CT molecular complexity index is 2190. The van der Waals surface area contributed by atoms with Crippen molar-refractivity contribution in [1.82, 2.24) is 19.6 Å². The summed E-state index contributed by atoms with van der Waals surface area (Å²) in [6, 6.07) is 34.2. The molecule has 0 saturated heterocycles. The van der Waals surface area contributed by atoms with E-state index in [0.717, 1.165) is 33.1 Å². The predicted molar refractivity (Wildman–Crippen MR) is 241 cm³/mol. The van der Waals surface area contributed by atoms with Gasteiger partial charge in [0.2, 0.25) is 0 Å². The highest BCUT2D eigenvalue weighted by molar-refractivity contribution is 8.01. The lowest BCUT2D eigenvalue weighted by Crippen LogP contribution is -2.31. The maximum atomic E-state index is 6.25. The van der Waals surface area contributed by atoms with Crippen LogP contribution in [0.2, 0.25) is 10.0 Å². The Hall–Kier alpha value is -3.82. The Kier molecular flexibility index (Phi) is 11.4. The molecular formula is C46H52Cl2N6S2. The number of thioether (sulfide) groups is 2. The average molecular weight is 824 g/mol. The van der Waals surface area contributed by atoms with Crippen LogP contribution in [0, 0.1) is 27.7 Å². The van der Waals surface area contributed by atoms with Gasteiger partial charge in [-0.05, 0) is 113 Å². The molecule has 0 radical (unpaired) electrons. The first-order valence-electron chi connectivity index (χ1n) is 19.1. The average Bonchev–Trinajstić information content (AvgIpc) is 3.48. The number of nitrogens with zero attached hydrogens (tertiary/aromatic N) is 4. The minimum absolute atomic E-state index is 0.0381. The van der Waals surface area contributed by atoms with Crippen molar-refractivity contribution in [1.29, 1.82) is 0 Å². The Morgan fingerprint density at radius 3 is 1.25 bits per heavy atom. The van der Waals surface area contributed by atoms with Crippen LogP contribution >= 0.6 is 46.7 Å². The Morgan fingerprint density at radius 2 is 0.911 bits per heavy atom. The van der Waals surface area contributed by atoms with Gasteiger partial charge in [-0.2, -0.15) is 10.2 Å². The van der Waals surface area contributed by atoms with E-state index in [2.05, 4.69) is 151 Å². The first kappa shape index (κ1) is 40.4. The number of hydrogen-bond donors (Lipinski definition) is 2. The summed E-state index contributed by atoms with van der Waals surface area (Å²) in [5, 5.41) is 19.1. The molecule has 2 aliphatic rings. The predicted octanol–water partition coefficient (Wildman–Crippen LogP) is 12.9. The van der Waals surface area contributed by atoms with E-state index >= 15 is 0 Å². The van der Waals surface area contributed by atoms with E-state index in [4.69, 9.17) is 33.4 Å². The minimum Gasteiger partial charge on any atom is -0.362 e. The van der Waals surface area contributed by atoms with Crippen LogP contribution in [0.15, 0.2) is 97.1 Å². The Morgan fingerprint density at radius 1 is 0.554 bits per heavy atom. The fraction of sp³-hybridized carbons (Fsp3) is 0.348. The largest absolute Gasteiger partial charge is 0.362 e. The van der Waals surface area contributed by atoms with Gasteiger partial charge in [0.1, 0.15) is 11.6 Å². The van der Waals surface area contributed by atoms with Crippen LogP contribution in [-0.4, -0.2) is 29.1 Å². The molecular weight excluding hydrogens is 772 g/mol. The normalized spacial score (nSPS) is 20.9. The van der Waals surface area contributed by atoms with Crippen molar-refractivity contribution < 1.29 is 0 Å². The number of aryl methyl sites for hydroxylation is 6. The van der Waals surface area contributed by atoms with E-state index in [1.165, 1.54) is 44.5 Å². The zero-order chi connectivity index (χ0) is 40.1. The number of nitrogens with one attached hydrogen (secondary N) is 2. The van der Waals surface area contributed by atoms with Gasteiger partial charge in [0.05, 0.1) is 34.0 Å². The maximum absolute atomic E-state index is 6.25. The lowest BCUT2D eigenvalue weighted by molar-refractivity contribution is 0.591. The van der Waals surface area contributed by atoms with Crippen molar-refractivity contribution in [3.8, 4) is 0 Å². The number of rotatable bonds is 4. The molecule has 6 nitrogen and oxygen atoms in total. The van der Waals surface area contributed by atoms with Crippen LogP contribution < -0.4 is 10.6 Å². The highest BCUT2D eigenvalue weighted by Crippen LogP contribution is 2.56. The molecule has 6 aromatic rings. The van der Waals surface area contributed by atoms with E-state index in [-0.39, 0.29) is 32.1 Å². The summed E-state index contributed by atoms with van der Waals surface area (Å²) in [4.78, 5) is 0. The molecule has 0 bridgehead atoms. The van der Waals surface area contributed by atoms with Gasteiger partial charge < -0.3 is 10.6 Å². The molecule has 0 unspecified atom stereocenters. The van der Waals surface area contributed by atoms with E-state index in [1.54, 1.807) is 0 Å². The van der Waals surface area contributed by atoms with Crippen LogP contribution in [0.25, 0.3) is 0 Å². The molecule has 0 saturated carbocycles. The van der Waals surface area contributed by atoms with Crippen LogP contribution in [0.5, 0.6) is 0 Å². The monoisotopic (exact) mass is 822 g/mol. The van der Waals surface area contributed by atoms with E-state index in [1.807, 2.05) is 59.1 Å². The second kappa shape index (κ2) is 15.8. The van der Waals surface area contributed by atoms with Crippen LogP contribution in [0.4, 0.5) is 11.6 Å². The molecule has 292 valence electrons. The Labute approximate surface area is 351 Å². The van der Waals surface area contributed by atoms with Crippen molar-refractivity contribution in [2.45, 2.75) is 87.5 Å². The number of aromatic nitrogens is 4. The lowest BCUT2D eigenvalue weighted by Gasteiger charge is -2.35. The van der Waals surface area contributed by atoms with Crippen molar-refractivity contribution in [3.63, 3.8) is 0 Å². The SMILES string of the molecule is Cc1cc(Cl)ccc1[C@@H]1SC(C)(C)[C@H](c2ccccc2)Nc2c1c(C)nn2C.Cc1cc(Cl)ccc1[C@H]1SC(C)(C)[C@@H](c2ccccc2)Nc2c1c(C)nn2C. The van der Waals surface area contributed by atoms with Gasteiger partial charge in [-0.1, -0.05) is 96.0 Å². The second-order valence-electron chi connectivity index (χ2n) is 16.1. The fourth-order valence-corrected chi connectivity index (χ4v) is 12.3. The second-order valence-corrected chi connectivity index (χ2v) is 20.5. The van der Waals surface area contributed by atoms with Gasteiger partial charge in [0.15, 0.2) is 0 Å². The van der Waals surface area contributed by atoms with Crippen molar-refractivity contribution >= 4 is 58.4 Å². The number of halogens is 2. The summed E-state index contributed by atoms with van der Waals surface area (Å²) in [5.41, 5.74) is 12.3. The van der Waals surface area contributed by atoms with Crippen LogP contribution in [-0.2, 0) is 14.1 Å². The standard InChI is InChI=1S/2C23H26ClN3S/c2*1-14-13-17(24)11-12-18(14)20-19-15(2)26-27(5)22(19)25-21(23(3,4)28-20)16-9-7-6-8-10-16/h2*6-13,20-21,25H,1-5H3/t2*20-,21-/m10/s1. The minimum atomic E-state index is -0.0381. The molecule has 56 heavy (non-hydrogen) atoms.